The predicted molar refractivity (Wildman–Crippen MR) is 68.3 cm³/mol. The molecular weight excluding hydrogens is 228 g/mol. The van der Waals surface area contributed by atoms with Gasteiger partial charge in [0.05, 0.1) is 18.2 Å². The van der Waals surface area contributed by atoms with E-state index >= 15 is 0 Å². The lowest BCUT2D eigenvalue weighted by atomic mass is 10.2. The molecule has 4 nitrogen and oxygen atoms in total. The highest BCUT2D eigenvalue weighted by atomic mass is 16.5. The van der Waals surface area contributed by atoms with Crippen LogP contribution < -0.4 is 4.74 Å². The van der Waals surface area contributed by atoms with Crippen molar-refractivity contribution < 1.29 is 9.84 Å². The van der Waals surface area contributed by atoms with Gasteiger partial charge in [-0.25, -0.2) is 0 Å². The number of likely N-dealkylation sites (tertiary alicyclic amines) is 1. The molecule has 4 heteroatoms. The van der Waals surface area contributed by atoms with E-state index in [2.05, 4.69) is 11.0 Å². The van der Waals surface area contributed by atoms with Gasteiger partial charge in [0.2, 0.25) is 0 Å². The van der Waals surface area contributed by atoms with Crippen LogP contribution in [0.4, 0.5) is 0 Å². The lowest BCUT2D eigenvalue weighted by molar-refractivity contribution is 0.139. The molecule has 1 aromatic rings. The maximum Gasteiger partial charge on any atom is 0.119 e. The van der Waals surface area contributed by atoms with Crippen molar-refractivity contribution in [1.82, 2.24) is 4.90 Å². The average molecular weight is 246 g/mol. The van der Waals surface area contributed by atoms with Gasteiger partial charge in [-0.15, -0.1) is 0 Å². The van der Waals surface area contributed by atoms with Crippen LogP contribution in [0.5, 0.6) is 5.75 Å². The molecule has 0 amide bonds. The molecule has 18 heavy (non-hydrogen) atoms. The van der Waals surface area contributed by atoms with Crippen molar-refractivity contribution in [2.45, 2.75) is 18.9 Å². The summed E-state index contributed by atoms with van der Waals surface area (Å²) in [5.74, 6) is 0.786. The van der Waals surface area contributed by atoms with Gasteiger partial charge in [-0.1, -0.05) is 0 Å². The summed E-state index contributed by atoms with van der Waals surface area (Å²) in [6, 6.07) is 9.50. The van der Waals surface area contributed by atoms with E-state index in [-0.39, 0.29) is 6.61 Å². The third-order valence-electron chi connectivity index (χ3n) is 3.34. The summed E-state index contributed by atoms with van der Waals surface area (Å²) in [4.78, 5) is 2.27. The van der Waals surface area contributed by atoms with Gasteiger partial charge in [-0.2, -0.15) is 5.26 Å². The van der Waals surface area contributed by atoms with Crippen molar-refractivity contribution in [2.24, 2.45) is 0 Å². The lowest BCUT2D eigenvalue weighted by Crippen LogP contribution is -2.35. The van der Waals surface area contributed by atoms with Crippen LogP contribution in [0.15, 0.2) is 24.3 Å². The van der Waals surface area contributed by atoms with E-state index in [9.17, 15) is 5.11 Å². The Morgan fingerprint density at radius 2 is 2.17 bits per heavy atom. The average Bonchev–Trinajstić information content (AvgIpc) is 2.87. The Bertz CT molecular complexity index is 411. The second kappa shape index (κ2) is 6.39. The number of benzene rings is 1. The second-order valence-electron chi connectivity index (χ2n) is 4.50. The molecule has 0 aliphatic carbocycles. The largest absolute Gasteiger partial charge is 0.492 e. The quantitative estimate of drug-likeness (QED) is 0.853. The third kappa shape index (κ3) is 3.22. The van der Waals surface area contributed by atoms with Gasteiger partial charge >= 0.3 is 0 Å². The van der Waals surface area contributed by atoms with Gasteiger partial charge in [0.25, 0.3) is 0 Å². The second-order valence-corrected chi connectivity index (χ2v) is 4.50. The van der Waals surface area contributed by atoms with E-state index in [4.69, 9.17) is 10.00 Å². The van der Waals surface area contributed by atoms with Crippen molar-refractivity contribution in [2.75, 3.05) is 26.3 Å². The van der Waals surface area contributed by atoms with Crippen molar-refractivity contribution in [3.63, 3.8) is 0 Å². The maximum absolute atomic E-state index is 9.20. The van der Waals surface area contributed by atoms with Gasteiger partial charge in [0.15, 0.2) is 0 Å². The first-order valence-electron chi connectivity index (χ1n) is 6.31. The Morgan fingerprint density at radius 3 is 2.83 bits per heavy atom. The molecule has 1 aromatic carbocycles. The fourth-order valence-corrected chi connectivity index (χ4v) is 2.30. The highest BCUT2D eigenvalue weighted by Crippen LogP contribution is 2.16. The SMILES string of the molecule is N#Cc1ccc(OCCN2CCC[C@H]2CO)cc1. The molecule has 96 valence electrons. The number of hydrogen-bond donors (Lipinski definition) is 1. The molecule has 0 saturated carbocycles. The molecule has 0 unspecified atom stereocenters. The number of aliphatic hydroxyl groups excluding tert-OH is 1. The summed E-state index contributed by atoms with van der Waals surface area (Å²) in [5.41, 5.74) is 0.641. The normalized spacial score (nSPS) is 19.7. The van der Waals surface area contributed by atoms with Crippen LogP contribution in [-0.2, 0) is 0 Å². The summed E-state index contributed by atoms with van der Waals surface area (Å²) in [7, 11) is 0. The van der Waals surface area contributed by atoms with E-state index in [0.29, 0.717) is 18.2 Å². The Hall–Kier alpha value is -1.57. The number of hydrogen-bond acceptors (Lipinski definition) is 4. The smallest absolute Gasteiger partial charge is 0.119 e. The minimum Gasteiger partial charge on any atom is -0.492 e. The summed E-state index contributed by atoms with van der Waals surface area (Å²) < 4.78 is 5.63. The number of ether oxygens (including phenoxy) is 1. The standard InChI is InChI=1S/C14H18N2O2/c15-10-12-3-5-14(6-4-12)18-9-8-16-7-1-2-13(16)11-17/h3-6,13,17H,1-2,7-9,11H2/t13-/m0/s1. The van der Waals surface area contributed by atoms with E-state index in [1.807, 2.05) is 12.1 Å². The lowest BCUT2D eigenvalue weighted by Gasteiger charge is -2.22. The Balaban J connectivity index is 1.76. The van der Waals surface area contributed by atoms with E-state index in [1.165, 1.54) is 0 Å². The Labute approximate surface area is 107 Å². The molecule has 1 N–H and O–H groups in total. The zero-order chi connectivity index (χ0) is 12.8. The van der Waals surface area contributed by atoms with Crippen LogP contribution in [0.1, 0.15) is 18.4 Å². The maximum atomic E-state index is 9.20. The number of nitrogens with zero attached hydrogens (tertiary/aromatic N) is 2. The van der Waals surface area contributed by atoms with Crippen LogP contribution in [0, 0.1) is 11.3 Å². The van der Waals surface area contributed by atoms with Crippen LogP contribution >= 0.6 is 0 Å². The third-order valence-corrected chi connectivity index (χ3v) is 3.34. The first-order valence-corrected chi connectivity index (χ1v) is 6.31. The van der Waals surface area contributed by atoms with Crippen LogP contribution in [-0.4, -0.2) is 42.4 Å². The van der Waals surface area contributed by atoms with Crippen LogP contribution in [0.25, 0.3) is 0 Å². The first-order chi connectivity index (χ1) is 8.83. The molecule has 1 fully saturated rings. The van der Waals surface area contributed by atoms with Crippen molar-refractivity contribution in [3.8, 4) is 11.8 Å². The minimum atomic E-state index is 0.233. The highest BCUT2D eigenvalue weighted by molar-refractivity contribution is 5.34. The predicted octanol–water partition coefficient (Wildman–Crippen LogP) is 1.39. The topological polar surface area (TPSA) is 56.5 Å². The van der Waals surface area contributed by atoms with Crippen molar-refractivity contribution >= 4 is 0 Å². The van der Waals surface area contributed by atoms with E-state index in [0.717, 1.165) is 31.7 Å². The van der Waals surface area contributed by atoms with Crippen molar-refractivity contribution in [1.29, 1.82) is 5.26 Å². The number of rotatable bonds is 5. The Kier molecular flexibility index (Phi) is 4.57. The molecule has 1 aliphatic heterocycles. The summed E-state index contributed by atoms with van der Waals surface area (Å²) in [5, 5.41) is 17.9. The fraction of sp³-hybridized carbons (Fsp3) is 0.500. The number of aliphatic hydroxyl groups is 1. The molecular formula is C14H18N2O2. The molecule has 1 saturated heterocycles. The molecule has 0 spiro atoms. The van der Waals surface area contributed by atoms with Gasteiger partial charge in [-0.3, -0.25) is 4.90 Å². The zero-order valence-corrected chi connectivity index (χ0v) is 10.4. The van der Waals surface area contributed by atoms with Gasteiger partial charge in [0, 0.05) is 12.6 Å². The number of nitriles is 1. The Morgan fingerprint density at radius 1 is 1.39 bits per heavy atom. The molecule has 0 radical (unpaired) electrons. The fourth-order valence-electron chi connectivity index (χ4n) is 2.30. The first kappa shape index (κ1) is 12.9. The van der Waals surface area contributed by atoms with Crippen LogP contribution in [0.2, 0.25) is 0 Å². The summed E-state index contributed by atoms with van der Waals surface area (Å²) in [6.45, 7) is 2.73. The summed E-state index contributed by atoms with van der Waals surface area (Å²) in [6.07, 6.45) is 2.23. The molecule has 0 bridgehead atoms. The monoisotopic (exact) mass is 246 g/mol. The van der Waals surface area contributed by atoms with Gasteiger partial charge in [0.1, 0.15) is 12.4 Å². The van der Waals surface area contributed by atoms with Crippen LogP contribution in [0.3, 0.4) is 0 Å². The zero-order valence-electron chi connectivity index (χ0n) is 10.4. The van der Waals surface area contributed by atoms with E-state index < -0.39 is 0 Å². The minimum absolute atomic E-state index is 0.233. The molecule has 1 aliphatic rings. The van der Waals surface area contributed by atoms with Gasteiger partial charge in [-0.05, 0) is 43.7 Å². The molecule has 2 rings (SSSR count). The van der Waals surface area contributed by atoms with E-state index in [1.54, 1.807) is 12.1 Å². The molecule has 1 atom stereocenters. The molecule has 1 heterocycles. The molecule has 0 aromatic heterocycles. The van der Waals surface area contributed by atoms with Crippen molar-refractivity contribution in [3.05, 3.63) is 29.8 Å². The highest BCUT2D eigenvalue weighted by Gasteiger charge is 2.22. The van der Waals surface area contributed by atoms with Gasteiger partial charge < -0.3 is 9.84 Å². The summed E-state index contributed by atoms with van der Waals surface area (Å²) >= 11 is 0.